The molecule has 1 aromatic heterocycles. The van der Waals surface area contributed by atoms with Crippen LogP contribution in [0.25, 0.3) is 0 Å². The monoisotopic (exact) mass is 263 g/mol. The summed E-state index contributed by atoms with van der Waals surface area (Å²) >= 11 is 0. The van der Waals surface area contributed by atoms with Gasteiger partial charge in [0.05, 0.1) is 5.69 Å². The molecule has 0 aliphatic heterocycles. The second-order valence-electron chi connectivity index (χ2n) is 5.88. The predicted octanol–water partition coefficient (Wildman–Crippen LogP) is 4.27. The van der Waals surface area contributed by atoms with Crippen molar-refractivity contribution in [1.29, 1.82) is 0 Å². The highest BCUT2D eigenvalue weighted by atomic mass is 15.2. The number of aromatic nitrogens is 2. The summed E-state index contributed by atoms with van der Waals surface area (Å²) in [5, 5.41) is 0. The fourth-order valence-corrected chi connectivity index (χ4v) is 2.77. The van der Waals surface area contributed by atoms with Crippen LogP contribution >= 0.6 is 0 Å². The third-order valence-corrected chi connectivity index (χ3v) is 4.00. The van der Waals surface area contributed by atoms with Crippen LogP contribution in [0.5, 0.6) is 0 Å². The van der Waals surface area contributed by atoms with Crippen molar-refractivity contribution in [3.05, 3.63) is 11.5 Å². The molecule has 0 aromatic carbocycles. The number of imidazole rings is 1. The Kier molecular flexibility index (Phi) is 5.29. The van der Waals surface area contributed by atoms with Crippen molar-refractivity contribution in [1.82, 2.24) is 9.55 Å². The Bertz CT molecular complexity index is 391. The summed E-state index contributed by atoms with van der Waals surface area (Å²) in [4.78, 5) is 4.82. The number of anilines is 1. The lowest BCUT2D eigenvalue weighted by molar-refractivity contribution is 0.629. The zero-order valence-corrected chi connectivity index (χ0v) is 12.6. The van der Waals surface area contributed by atoms with Crippen LogP contribution in [0.1, 0.15) is 82.8 Å². The third-order valence-electron chi connectivity index (χ3n) is 4.00. The molecular weight excluding hydrogens is 234 g/mol. The summed E-state index contributed by atoms with van der Waals surface area (Å²) in [6.45, 7) is 4.47. The average Bonchev–Trinajstić information content (AvgIpc) is 3.17. The molecule has 0 amide bonds. The van der Waals surface area contributed by atoms with Gasteiger partial charge in [0.15, 0.2) is 0 Å². The molecular formula is C16H29N3. The van der Waals surface area contributed by atoms with E-state index in [1.54, 1.807) is 0 Å². The predicted molar refractivity (Wildman–Crippen MR) is 81.4 cm³/mol. The van der Waals surface area contributed by atoms with Gasteiger partial charge in [-0.2, -0.15) is 0 Å². The molecule has 1 heterocycles. The maximum atomic E-state index is 6.32. The normalized spacial score (nSPS) is 15.1. The van der Waals surface area contributed by atoms with Gasteiger partial charge in [-0.05, 0) is 32.1 Å². The minimum atomic E-state index is 0.655. The first-order chi connectivity index (χ1) is 9.27. The lowest BCUT2D eigenvalue weighted by atomic mass is 10.1. The van der Waals surface area contributed by atoms with Crippen molar-refractivity contribution in [2.75, 3.05) is 5.73 Å². The van der Waals surface area contributed by atoms with Crippen molar-refractivity contribution in [3.63, 3.8) is 0 Å². The molecule has 1 aromatic rings. The number of nitrogens with two attached hydrogens (primary N) is 1. The van der Waals surface area contributed by atoms with E-state index in [1.165, 1.54) is 50.8 Å². The van der Waals surface area contributed by atoms with Gasteiger partial charge < -0.3 is 10.3 Å². The molecule has 0 unspecified atom stereocenters. The minimum absolute atomic E-state index is 0.655. The first-order valence-corrected chi connectivity index (χ1v) is 8.13. The van der Waals surface area contributed by atoms with E-state index in [2.05, 4.69) is 18.4 Å². The van der Waals surface area contributed by atoms with Crippen molar-refractivity contribution in [2.45, 2.75) is 84.1 Å². The van der Waals surface area contributed by atoms with Crippen LogP contribution in [-0.4, -0.2) is 9.55 Å². The Hall–Kier alpha value is -0.990. The van der Waals surface area contributed by atoms with E-state index in [1.807, 2.05) is 0 Å². The molecule has 19 heavy (non-hydrogen) atoms. The number of nitrogen functional groups attached to an aromatic ring is 1. The standard InChI is InChI=1S/C16H29N3/c1-3-5-6-7-8-10-14-16(17)19(13-11-12-13)15(18-14)9-4-2/h13H,3-12,17H2,1-2H3. The molecule has 3 nitrogen and oxygen atoms in total. The summed E-state index contributed by atoms with van der Waals surface area (Å²) in [6, 6.07) is 0.655. The molecule has 2 rings (SSSR count). The molecule has 3 heteroatoms. The quantitative estimate of drug-likeness (QED) is 0.676. The van der Waals surface area contributed by atoms with E-state index in [9.17, 15) is 0 Å². The molecule has 1 aliphatic carbocycles. The van der Waals surface area contributed by atoms with Crippen molar-refractivity contribution < 1.29 is 0 Å². The summed E-state index contributed by atoms with van der Waals surface area (Å²) in [5.41, 5.74) is 7.48. The number of nitrogens with zero attached hydrogens (tertiary/aromatic N) is 2. The molecule has 2 N–H and O–H groups in total. The average molecular weight is 263 g/mol. The molecule has 0 saturated heterocycles. The van der Waals surface area contributed by atoms with Crippen molar-refractivity contribution in [3.8, 4) is 0 Å². The fraction of sp³-hybridized carbons (Fsp3) is 0.812. The molecule has 1 fully saturated rings. The largest absolute Gasteiger partial charge is 0.384 e. The van der Waals surface area contributed by atoms with Gasteiger partial charge in [0, 0.05) is 12.5 Å². The first-order valence-electron chi connectivity index (χ1n) is 8.13. The van der Waals surface area contributed by atoms with Crippen molar-refractivity contribution >= 4 is 5.82 Å². The van der Waals surface area contributed by atoms with Gasteiger partial charge in [-0.25, -0.2) is 4.98 Å². The SMILES string of the molecule is CCCCCCCc1nc(CCC)n(C2CC2)c1N. The van der Waals surface area contributed by atoms with Crippen LogP contribution in [0.4, 0.5) is 5.82 Å². The second kappa shape index (κ2) is 6.97. The molecule has 0 spiro atoms. The number of rotatable bonds is 9. The summed E-state index contributed by atoms with van der Waals surface area (Å²) < 4.78 is 2.32. The first kappa shape index (κ1) is 14.4. The molecule has 0 radical (unpaired) electrons. The van der Waals surface area contributed by atoms with Crippen LogP contribution < -0.4 is 5.73 Å². The van der Waals surface area contributed by atoms with Gasteiger partial charge in [0.25, 0.3) is 0 Å². The topological polar surface area (TPSA) is 43.8 Å². The second-order valence-corrected chi connectivity index (χ2v) is 5.88. The number of hydrogen-bond acceptors (Lipinski definition) is 2. The maximum Gasteiger partial charge on any atom is 0.127 e. The molecule has 0 atom stereocenters. The van der Waals surface area contributed by atoms with Crippen LogP contribution in [-0.2, 0) is 12.8 Å². The summed E-state index contributed by atoms with van der Waals surface area (Å²) in [5.74, 6) is 2.19. The Labute approximate surface area is 117 Å². The lowest BCUT2D eigenvalue weighted by Gasteiger charge is -2.07. The number of hydrogen-bond donors (Lipinski definition) is 1. The highest BCUT2D eigenvalue weighted by Crippen LogP contribution is 2.39. The Morgan fingerprint density at radius 2 is 1.79 bits per heavy atom. The van der Waals surface area contributed by atoms with Gasteiger partial charge >= 0.3 is 0 Å². The van der Waals surface area contributed by atoms with Crippen LogP contribution in [0.15, 0.2) is 0 Å². The molecule has 1 aliphatic rings. The zero-order chi connectivity index (χ0) is 13.7. The van der Waals surface area contributed by atoms with Gasteiger partial charge in [0.2, 0.25) is 0 Å². The van der Waals surface area contributed by atoms with Gasteiger partial charge in [-0.3, -0.25) is 0 Å². The Morgan fingerprint density at radius 3 is 2.42 bits per heavy atom. The van der Waals surface area contributed by atoms with E-state index in [-0.39, 0.29) is 0 Å². The highest BCUT2D eigenvalue weighted by molar-refractivity contribution is 5.40. The lowest BCUT2D eigenvalue weighted by Crippen LogP contribution is -2.05. The van der Waals surface area contributed by atoms with Gasteiger partial charge in [0.1, 0.15) is 11.6 Å². The minimum Gasteiger partial charge on any atom is -0.384 e. The number of aryl methyl sites for hydroxylation is 2. The van der Waals surface area contributed by atoms with Gasteiger partial charge in [-0.15, -0.1) is 0 Å². The van der Waals surface area contributed by atoms with Crippen LogP contribution in [0.2, 0.25) is 0 Å². The summed E-state index contributed by atoms with van der Waals surface area (Å²) in [7, 11) is 0. The third kappa shape index (κ3) is 3.74. The molecule has 0 bridgehead atoms. The Balaban J connectivity index is 1.94. The van der Waals surface area contributed by atoms with E-state index in [4.69, 9.17) is 10.7 Å². The fourth-order valence-electron chi connectivity index (χ4n) is 2.77. The van der Waals surface area contributed by atoms with Crippen LogP contribution in [0.3, 0.4) is 0 Å². The van der Waals surface area contributed by atoms with E-state index < -0.39 is 0 Å². The van der Waals surface area contributed by atoms with Gasteiger partial charge in [-0.1, -0.05) is 39.5 Å². The summed E-state index contributed by atoms with van der Waals surface area (Å²) in [6.07, 6.45) is 12.4. The van der Waals surface area contributed by atoms with Crippen molar-refractivity contribution in [2.24, 2.45) is 0 Å². The van der Waals surface area contributed by atoms with E-state index in [0.29, 0.717) is 6.04 Å². The van der Waals surface area contributed by atoms with E-state index in [0.717, 1.165) is 30.8 Å². The zero-order valence-electron chi connectivity index (χ0n) is 12.6. The molecule has 108 valence electrons. The molecule has 1 saturated carbocycles. The van der Waals surface area contributed by atoms with Crippen LogP contribution in [0, 0.1) is 0 Å². The highest BCUT2D eigenvalue weighted by Gasteiger charge is 2.29. The maximum absolute atomic E-state index is 6.32. The smallest absolute Gasteiger partial charge is 0.127 e. The Morgan fingerprint density at radius 1 is 1.05 bits per heavy atom. The van der Waals surface area contributed by atoms with E-state index >= 15 is 0 Å². The number of unbranched alkanes of at least 4 members (excludes halogenated alkanes) is 4.